The number of fused-ring (bicyclic) bond motifs is 2. The molecule has 2 fully saturated rings. The first kappa shape index (κ1) is 14.5. The third-order valence-electron chi connectivity index (χ3n) is 4.04. The molecule has 0 amide bonds. The summed E-state index contributed by atoms with van der Waals surface area (Å²) in [5, 5.41) is 8.24. The van der Waals surface area contributed by atoms with Gasteiger partial charge in [-0.15, -0.1) is 0 Å². The molecule has 2 aliphatic heterocycles. The third-order valence-corrected chi connectivity index (χ3v) is 4.40. The van der Waals surface area contributed by atoms with Crippen molar-refractivity contribution in [2.24, 2.45) is 0 Å². The van der Waals surface area contributed by atoms with Crippen molar-refractivity contribution in [3.8, 4) is 11.4 Å². The second-order valence-electron chi connectivity index (χ2n) is 5.37. The fraction of sp³-hybridized carbons (Fsp3) is 0.429. The molecule has 8 nitrogen and oxygen atoms in total. The zero-order valence-electron chi connectivity index (χ0n) is 12.3. The molecule has 0 unspecified atom stereocenters. The van der Waals surface area contributed by atoms with Gasteiger partial charge >= 0.3 is 0 Å². The van der Waals surface area contributed by atoms with E-state index < -0.39 is 6.29 Å². The molecule has 0 saturated carbocycles. The Morgan fingerprint density at radius 3 is 3.00 bits per heavy atom. The van der Waals surface area contributed by atoms with Crippen molar-refractivity contribution in [3.63, 3.8) is 0 Å². The van der Waals surface area contributed by atoms with E-state index in [0.717, 1.165) is 0 Å². The van der Waals surface area contributed by atoms with Gasteiger partial charge in [-0.05, 0) is 34.8 Å². The molecule has 1 aromatic carbocycles. The van der Waals surface area contributed by atoms with Crippen LogP contribution in [-0.2, 0) is 14.3 Å². The highest BCUT2D eigenvalue weighted by molar-refractivity contribution is 7.71. The summed E-state index contributed by atoms with van der Waals surface area (Å²) in [6.45, 7) is 0.352. The fourth-order valence-corrected chi connectivity index (χ4v) is 3.20. The maximum atomic E-state index is 12.0. The number of ketones is 1. The second kappa shape index (κ2) is 5.52. The molecule has 2 aliphatic rings. The van der Waals surface area contributed by atoms with Gasteiger partial charge in [0.2, 0.25) is 11.1 Å². The standard InChI is InChI=1S/C14H14N4O4S/c1-20-11-5-3-2-4-8(11)17-14(23)18(16-15-17)9-6-10(19)13-21-7-12(9)22-13/h2-5,9,12-13H,6-7H2,1H3/t9-,12-,13-/m1/s1. The lowest BCUT2D eigenvalue weighted by molar-refractivity contribution is -0.156. The van der Waals surface area contributed by atoms with E-state index in [4.69, 9.17) is 26.4 Å². The molecule has 23 heavy (non-hydrogen) atoms. The first-order valence-electron chi connectivity index (χ1n) is 7.16. The van der Waals surface area contributed by atoms with Crippen LogP contribution in [-0.4, -0.2) is 51.7 Å². The summed E-state index contributed by atoms with van der Waals surface area (Å²) in [6, 6.07) is 7.07. The first-order chi connectivity index (χ1) is 11.2. The number of benzene rings is 1. The quantitative estimate of drug-likeness (QED) is 0.777. The zero-order chi connectivity index (χ0) is 16.0. The Hall–Kier alpha value is -2.10. The van der Waals surface area contributed by atoms with Crippen LogP contribution in [0.1, 0.15) is 12.5 Å². The van der Waals surface area contributed by atoms with Crippen LogP contribution in [0.2, 0.25) is 0 Å². The number of rotatable bonds is 3. The molecular weight excluding hydrogens is 320 g/mol. The van der Waals surface area contributed by atoms with Crippen molar-refractivity contribution in [3.05, 3.63) is 29.0 Å². The van der Waals surface area contributed by atoms with Gasteiger partial charge in [0.15, 0.2) is 5.78 Å². The molecule has 2 saturated heterocycles. The minimum absolute atomic E-state index is 0.0995. The van der Waals surface area contributed by atoms with E-state index in [1.54, 1.807) is 11.8 Å². The van der Waals surface area contributed by atoms with E-state index in [0.29, 0.717) is 22.8 Å². The first-order valence-corrected chi connectivity index (χ1v) is 7.57. The summed E-state index contributed by atoms with van der Waals surface area (Å²) in [5.74, 6) is 0.536. The van der Waals surface area contributed by atoms with Crippen molar-refractivity contribution in [1.82, 2.24) is 19.8 Å². The van der Waals surface area contributed by atoms with Gasteiger partial charge in [-0.3, -0.25) is 4.79 Å². The van der Waals surface area contributed by atoms with E-state index in [-0.39, 0.29) is 24.3 Å². The second-order valence-corrected chi connectivity index (χ2v) is 5.73. The minimum atomic E-state index is -0.741. The average Bonchev–Trinajstić information content (AvgIpc) is 3.16. The molecule has 0 aliphatic carbocycles. The molecule has 0 radical (unpaired) electrons. The van der Waals surface area contributed by atoms with Crippen molar-refractivity contribution < 1.29 is 19.0 Å². The smallest absolute Gasteiger partial charge is 0.221 e. The molecular formula is C14H14N4O4S. The van der Waals surface area contributed by atoms with Gasteiger partial charge in [-0.1, -0.05) is 12.1 Å². The van der Waals surface area contributed by atoms with Gasteiger partial charge in [-0.2, -0.15) is 4.68 Å². The van der Waals surface area contributed by atoms with Crippen LogP contribution < -0.4 is 4.74 Å². The summed E-state index contributed by atoms with van der Waals surface area (Å²) in [7, 11) is 1.58. The van der Waals surface area contributed by atoms with Crippen LogP contribution in [0.4, 0.5) is 0 Å². The lowest BCUT2D eigenvalue weighted by Gasteiger charge is -2.25. The summed E-state index contributed by atoms with van der Waals surface area (Å²) in [4.78, 5) is 12.0. The number of carbonyl (C=O) groups excluding carboxylic acids is 1. The molecule has 0 N–H and O–H groups in total. The van der Waals surface area contributed by atoms with Gasteiger partial charge in [0.25, 0.3) is 0 Å². The number of carbonyl (C=O) groups is 1. The third kappa shape index (κ3) is 2.28. The summed E-state index contributed by atoms with van der Waals surface area (Å²) >= 11 is 5.49. The van der Waals surface area contributed by atoms with Crippen LogP contribution in [0.3, 0.4) is 0 Å². The van der Waals surface area contributed by atoms with Crippen LogP contribution in [0.15, 0.2) is 24.3 Å². The number of para-hydroxylation sites is 2. The number of hydrogen-bond donors (Lipinski definition) is 0. The van der Waals surface area contributed by atoms with Gasteiger partial charge < -0.3 is 14.2 Å². The number of ether oxygens (including phenoxy) is 3. The Balaban J connectivity index is 1.74. The molecule has 3 atom stereocenters. The average molecular weight is 334 g/mol. The highest BCUT2D eigenvalue weighted by atomic mass is 32.1. The van der Waals surface area contributed by atoms with Crippen molar-refractivity contribution in [2.75, 3.05) is 13.7 Å². The van der Waals surface area contributed by atoms with E-state index in [2.05, 4.69) is 10.4 Å². The molecule has 1 aromatic heterocycles. The molecule has 3 heterocycles. The molecule has 4 rings (SSSR count). The number of aromatic nitrogens is 4. The number of Topliss-reactive ketones (excluding diaryl/α,β-unsaturated/α-hetero) is 1. The van der Waals surface area contributed by atoms with Crippen LogP contribution in [0.25, 0.3) is 5.69 Å². The predicted molar refractivity (Wildman–Crippen MR) is 80.0 cm³/mol. The molecule has 2 bridgehead atoms. The number of nitrogens with zero attached hydrogens (tertiary/aromatic N) is 4. The number of methoxy groups -OCH3 is 1. The van der Waals surface area contributed by atoms with Crippen molar-refractivity contribution in [1.29, 1.82) is 0 Å². The van der Waals surface area contributed by atoms with Gasteiger partial charge in [0, 0.05) is 6.42 Å². The Morgan fingerprint density at radius 2 is 2.17 bits per heavy atom. The van der Waals surface area contributed by atoms with E-state index in [1.807, 2.05) is 24.3 Å². The summed E-state index contributed by atoms with van der Waals surface area (Å²) < 4.78 is 19.6. The minimum Gasteiger partial charge on any atom is -0.494 e. The van der Waals surface area contributed by atoms with Crippen molar-refractivity contribution in [2.45, 2.75) is 24.9 Å². The van der Waals surface area contributed by atoms with Gasteiger partial charge in [0.1, 0.15) is 17.5 Å². The largest absolute Gasteiger partial charge is 0.494 e. The van der Waals surface area contributed by atoms with Crippen LogP contribution in [0, 0.1) is 4.77 Å². The Kier molecular flexibility index (Phi) is 3.47. The monoisotopic (exact) mass is 334 g/mol. The Bertz CT molecular complexity index is 817. The van der Waals surface area contributed by atoms with Gasteiger partial charge in [0.05, 0.1) is 19.8 Å². The predicted octanol–water partition coefficient (Wildman–Crippen LogP) is 1.06. The van der Waals surface area contributed by atoms with E-state index in [1.165, 1.54) is 4.68 Å². The van der Waals surface area contributed by atoms with Gasteiger partial charge in [-0.25, -0.2) is 4.68 Å². The Labute approximate surface area is 136 Å². The zero-order valence-corrected chi connectivity index (χ0v) is 13.1. The maximum absolute atomic E-state index is 12.0. The molecule has 2 aromatic rings. The number of tetrazole rings is 1. The SMILES string of the molecule is COc1ccccc1-n1nnn([C@@H]2CC(=O)[C@@H]3OC[C@H]2O3)c1=S. The van der Waals surface area contributed by atoms with Crippen LogP contribution >= 0.6 is 12.2 Å². The topological polar surface area (TPSA) is 80.4 Å². The highest BCUT2D eigenvalue weighted by Crippen LogP contribution is 2.33. The molecule has 9 heteroatoms. The van der Waals surface area contributed by atoms with Crippen LogP contribution in [0.5, 0.6) is 5.75 Å². The van der Waals surface area contributed by atoms with Crippen molar-refractivity contribution >= 4 is 18.0 Å². The normalized spacial score (nSPS) is 26.5. The summed E-state index contributed by atoms with van der Waals surface area (Å²) in [5.41, 5.74) is 0.690. The van der Waals surface area contributed by atoms with E-state index >= 15 is 0 Å². The maximum Gasteiger partial charge on any atom is 0.221 e. The highest BCUT2D eigenvalue weighted by Gasteiger charge is 2.45. The Morgan fingerprint density at radius 1 is 1.35 bits per heavy atom. The number of hydrogen-bond acceptors (Lipinski definition) is 7. The molecule has 120 valence electrons. The molecule has 0 spiro atoms. The van der Waals surface area contributed by atoms with E-state index in [9.17, 15) is 4.79 Å². The fourth-order valence-electron chi connectivity index (χ4n) is 2.89. The lowest BCUT2D eigenvalue weighted by Crippen LogP contribution is -2.37. The summed E-state index contributed by atoms with van der Waals surface area (Å²) in [6.07, 6.45) is -0.712. The lowest BCUT2D eigenvalue weighted by atomic mass is 10.0.